The van der Waals surface area contributed by atoms with Gasteiger partial charge in [-0.15, -0.1) is 11.3 Å². The molecule has 0 radical (unpaired) electrons. The van der Waals surface area contributed by atoms with E-state index in [1.807, 2.05) is 62.4 Å². The van der Waals surface area contributed by atoms with E-state index >= 15 is 0 Å². The third kappa shape index (κ3) is 4.34. The molecule has 0 saturated heterocycles. The molecule has 1 aromatic heterocycles. The second-order valence-corrected chi connectivity index (χ2v) is 10.4. The molecular formula is C22H23NO3S2. The minimum absolute atomic E-state index is 0.272. The predicted octanol–water partition coefficient (Wildman–Crippen LogP) is 4.74. The first-order valence-electron chi connectivity index (χ1n) is 8.92. The van der Waals surface area contributed by atoms with E-state index in [2.05, 4.69) is 5.32 Å². The van der Waals surface area contributed by atoms with E-state index in [4.69, 9.17) is 0 Å². The van der Waals surface area contributed by atoms with E-state index in [1.165, 1.54) is 11.3 Å². The van der Waals surface area contributed by atoms with E-state index in [0.29, 0.717) is 11.3 Å². The summed E-state index contributed by atoms with van der Waals surface area (Å²) >= 11 is 1.17. The normalized spacial score (nSPS) is 13.7. The summed E-state index contributed by atoms with van der Waals surface area (Å²) < 4.78 is 26.2. The van der Waals surface area contributed by atoms with Crippen LogP contribution in [0.5, 0.6) is 0 Å². The number of hydrogen-bond acceptors (Lipinski definition) is 4. The Labute approximate surface area is 170 Å². The molecule has 1 unspecified atom stereocenters. The monoisotopic (exact) mass is 413 g/mol. The van der Waals surface area contributed by atoms with Crippen molar-refractivity contribution in [1.29, 1.82) is 0 Å². The van der Waals surface area contributed by atoms with Gasteiger partial charge in [0.25, 0.3) is 0 Å². The van der Waals surface area contributed by atoms with Gasteiger partial charge in [0.15, 0.2) is 9.84 Å². The molecule has 6 heteroatoms. The molecule has 146 valence electrons. The van der Waals surface area contributed by atoms with E-state index in [1.54, 1.807) is 24.4 Å². The zero-order valence-corrected chi connectivity index (χ0v) is 17.7. The lowest BCUT2D eigenvalue weighted by atomic mass is 9.83. The van der Waals surface area contributed by atoms with Crippen LogP contribution in [0.25, 0.3) is 0 Å². The Balaban J connectivity index is 1.99. The number of amides is 1. The van der Waals surface area contributed by atoms with Crippen LogP contribution >= 0.6 is 11.3 Å². The minimum Gasteiger partial charge on any atom is -0.325 e. The third-order valence-electron chi connectivity index (χ3n) is 4.78. The van der Waals surface area contributed by atoms with Crippen LogP contribution in [0.3, 0.4) is 0 Å². The SMILES string of the molecule is Cc1ccc(NC(=O)C(C)(CS(=O)(=O)c2cccs2)c2ccc(C)cc2)cc1. The number of aryl methyl sites for hydroxylation is 2. The number of hydrogen-bond donors (Lipinski definition) is 1. The van der Waals surface area contributed by atoms with Crippen molar-refractivity contribution in [2.24, 2.45) is 0 Å². The van der Waals surface area contributed by atoms with Crippen molar-refractivity contribution in [3.05, 3.63) is 82.7 Å². The highest BCUT2D eigenvalue weighted by atomic mass is 32.2. The molecule has 0 saturated carbocycles. The van der Waals surface area contributed by atoms with E-state index in [-0.39, 0.29) is 15.9 Å². The second kappa shape index (κ2) is 7.89. The third-order valence-corrected chi connectivity index (χ3v) is 8.20. The standard InChI is InChI=1S/C22H23NO3S2/c1-16-6-10-18(11-7-16)22(3,15-28(25,26)20-5-4-14-27-20)21(24)23-19-12-8-17(2)9-13-19/h4-14H,15H2,1-3H3,(H,23,24). The number of rotatable bonds is 6. The topological polar surface area (TPSA) is 63.2 Å². The van der Waals surface area contributed by atoms with Crippen LogP contribution in [0.1, 0.15) is 23.6 Å². The number of sulfone groups is 1. The highest BCUT2D eigenvalue weighted by molar-refractivity contribution is 7.93. The van der Waals surface area contributed by atoms with E-state index in [9.17, 15) is 13.2 Å². The van der Waals surface area contributed by atoms with Crippen molar-refractivity contribution in [3.63, 3.8) is 0 Å². The molecule has 1 atom stereocenters. The number of thiophene rings is 1. The highest BCUT2D eigenvalue weighted by Crippen LogP contribution is 2.31. The Morgan fingerprint density at radius 2 is 1.54 bits per heavy atom. The lowest BCUT2D eigenvalue weighted by Crippen LogP contribution is -2.43. The molecule has 0 fully saturated rings. The summed E-state index contributed by atoms with van der Waals surface area (Å²) in [6.45, 7) is 5.61. The molecular weight excluding hydrogens is 390 g/mol. The molecule has 1 N–H and O–H groups in total. The lowest BCUT2D eigenvalue weighted by Gasteiger charge is -2.29. The van der Waals surface area contributed by atoms with Crippen LogP contribution in [0, 0.1) is 13.8 Å². The largest absolute Gasteiger partial charge is 0.325 e. The Hall–Kier alpha value is -2.44. The first-order chi connectivity index (χ1) is 13.2. The Morgan fingerprint density at radius 1 is 0.964 bits per heavy atom. The van der Waals surface area contributed by atoms with Gasteiger partial charge in [-0.1, -0.05) is 53.6 Å². The van der Waals surface area contributed by atoms with Gasteiger partial charge in [-0.3, -0.25) is 4.79 Å². The Morgan fingerprint density at radius 3 is 2.07 bits per heavy atom. The summed E-state index contributed by atoms with van der Waals surface area (Å²) in [6, 6.07) is 18.2. The summed E-state index contributed by atoms with van der Waals surface area (Å²) in [7, 11) is -3.62. The van der Waals surface area contributed by atoms with Crippen LogP contribution < -0.4 is 5.32 Å². The molecule has 3 aromatic rings. The molecule has 2 aromatic carbocycles. The zero-order chi connectivity index (χ0) is 20.4. The van der Waals surface area contributed by atoms with Crippen molar-refractivity contribution in [2.75, 3.05) is 11.1 Å². The summed E-state index contributed by atoms with van der Waals surface area (Å²) in [5, 5.41) is 4.62. The van der Waals surface area contributed by atoms with Gasteiger partial charge in [-0.25, -0.2) is 8.42 Å². The van der Waals surface area contributed by atoms with E-state index < -0.39 is 15.3 Å². The molecule has 28 heavy (non-hydrogen) atoms. The van der Waals surface area contributed by atoms with Gasteiger partial charge < -0.3 is 5.32 Å². The smallest absolute Gasteiger partial charge is 0.235 e. The Bertz CT molecular complexity index is 1050. The van der Waals surface area contributed by atoms with Crippen molar-refractivity contribution in [2.45, 2.75) is 30.4 Å². The summed E-state index contributed by atoms with van der Waals surface area (Å²) in [4.78, 5) is 13.3. The summed E-state index contributed by atoms with van der Waals surface area (Å²) in [5.74, 6) is -0.651. The van der Waals surface area contributed by atoms with Crippen molar-refractivity contribution in [3.8, 4) is 0 Å². The van der Waals surface area contributed by atoms with E-state index in [0.717, 1.165) is 11.1 Å². The molecule has 4 nitrogen and oxygen atoms in total. The van der Waals surface area contributed by atoms with Gasteiger partial charge in [0.1, 0.15) is 4.21 Å². The average molecular weight is 414 g/mol. The molecule has 1 amide bonds. The number of benzene rings is 2. The van der Waals surface area contributed by atoms with Gasteiger partial charge >= 0.3 is 0 Å². The number of anilines is 1. The molecule has 0 aliphatic carbocycles. The molecule has 0 aliphatic rings. The maximum atomic E-state index is 13.3. The highest BCUT2D eigenvalue weighted by Gasteiger charge is 2.40. The molecule has 3 rings (SSSR count). The van der Waals surface area contributed by atoms with Crippen molar-refractivity contribution in [1.82, 2.24) is 0 Å². The molecule has 0 spiro atoms. The maximum Gasteiger partial charge on any atom is 0.235 e. The number of carbonyl (C=O) groups excluding carboxylic acids is 1. The van der Waals surface area contributed by atoms with Crippen LogP contribution in [0.15, 0.2) is 70.3 Å². The summed E-state index contributed by atoms with van der Waals surface area (Å²) in [6.07, 6.45) is 0. The molecule has 0 bridgehead atoms. The first kappa shape index (κ1) is 20.3. The molecule has 0 aliphatic heterocycles. The number of nitrogens with one attached hydrogen (secondary N) is 1. The van der Waals surface area contributed by atoms with Gasteiger partial charge in [0, 0.05) is 5.69 Å². The fourth-order valence-electron chi connectivity index (χ4n) is 3.00. The first-order valence-corrected chi connectivity index (χ1v) is 11.5. The number of carbonyl (C=O) groups is 1. The molecule has 1 heterocycles. The predicted molar refractivity (Wildman–Crippen MR) is 115 cm³/mol. The van der Waals surface area contributed by atoms with Gasteiger partial charge in [-0.2, -0.15) is 0 Å². The quantitative estimate of drug-likeness (QED) is 0.635. The zero-order valence-electron chi connectivity index (χ0n) is 16.1. The minimum atomic E-state index is -3.62. The van der Waals surface area contributed by atoms with Crippen LogP contribution in [-0.2, 0) is 20.0 Å². The van der Waals surface area contributed by atoms with Gasteiger partial charge in [0.2, 0.25) is 5.91 Å². The summed E-state index contributed by atoms with van der Waals surface area (Å²) in [5.41, 5.74) is 2.21. The lowest BCUT2D eigenvalue weighted by molar-refractivity contribution is -0.120. The van der Waals surface area contributed by atoms with Crippen LogP contribution in [0.4, 0.5) is 5.69 Å². The van der Waals surface area contributed by atoms with Gasteiger partial charge in [-0.05, 0) is 49.9 Å². The van der Waals surface area contributed by atoms with Gasteiger partial charge in [0.05, 0.1) is 11.2 Å². The fourth-order valence-corrected chi connectivity index (χ4v) is 5.86. The Kier molecular flexibility index (Phi) is 5.72. The van der Waals surface area contributed by atoms with Crippen molar-refractivity contribution >= 4 is 32.8 Å². The van der Waals surface area contributed by atoms with Crippen molar-refractivity contribution < 1.29 is 13.2 Å². The maximum absolute atomic E-state index is 13.3. The average Bonchev–Trinajstić information content (AvgIpc) is 3.19. The van der Waals surface area contributed by atoms with Crippen LogP contribution in [0.2, 0.25) is 0 Å². The fraction of sp³-hybridized carbons (Fsp3) is 0.227. The van der Waals surface area contributed by atoms with Crippen LogP contribution in [-0.4, -0.2) is 20.1 Å². The second-order valence-electron chi connectivity index (χ2n) is 7.21.